The van der Waals surface area contributed by atoms with Gasteiger partial charge in [-0.05, 0) is 13.3 Å². The number of nitrogen functional groups attached to an aromatic ring is 1. The van der Waals surface area contributed by atoms with E-state index in [4.69, 9.17) is 15.4 Å². The average Bonchev–Trinajstić information content (AvgIpc) is 3.00. The first-order valence-electron chi connectivity index (χ1n) is 6.72. The molecule has 0 bridgehead atoms. The molecule has 0 radical (unpaired) electrons. The van der Waals surface area contributed by atoms with Crippen LogP contribution in [-0.2, 0) is 18.3 Å². The molecular weight excluding hydrogens is 286 g/mol. The van der Waals surface area contributed by atoms with Gasteiger partial charge in [-0.15, -0.1) is 0 Å². The molecule has 0 aliphatic rings. The number of aryl methyl sites for hydroxylation is 2. The van der Waals surface area contributed by atoms with E-state index in [1.54, 1.807) is 13.0 Å². The molecule has 0 atom stereocenters. The van der Waals surface area contributed by atoms with E-state index in [2.05, 4.69) is 15.1 Å². The molecule has 8 nitrogen and oxygen atoms in total. The summed E-state index contributed by atoms with van der Waals surface area (Å²) in [6, 6.07) is 1.78. The van der Waals surface area contributed by atoms with Crippen molar-refractivity contribution in [2.75, 3.05) is 5.73 Å². The fraction of sp³-hybridized carbons (Fsp3) is 0.286. The molecule has 0 aliphatic heterocycles. The summed E-state index contributed by atoms with van der Waals surface area (Å²) in [4.78, 5) is 19.2. The predicted molar refractivity (Wildman–Crippen MR) is 79.1 cm³/mol. The van der Waals surface area contributed by atoms with Crippen LogP contribution >= 0.6 is 0 Å². The van der Waals surface area contributed by atoms with Crippen LogP contribution in [0.5, 0.6) is 0 Å². The van der Waals surface area contributed by atoms with E-state index in [0.717, 1.165) is 11.3 Å². The molecule has 3 aromatic rings. The third kappa shape index (κ3) is 2.18. The molecule has 0 fully saturated rings. The summed E-state index contributed by atoms with van der Waals surface area (Å²) in [5, 5.41) is 13.7. The number of carboxylic acids is 1. The lowest BCUT2D eigenvalue weighted by atomic mass is 10.1. The second kappa shape index (κ2) is 5.14. The molecule has 0 aliphatic carbocycles. The molecule has 8 heteroatoms. The van der Waals surface area contributed by atoms with Gasteiger partial charge in [0.2, 0.25) is 0 Å². The zero-order chi connectivity index (χ0) is 15.9. The van der Waals surface area contributed by atoms with Gasteiger partial charge in [-0.1, -0.05) is 5.16 Å². The first-order chi connectivity index (χ1) is 10.5. The second-order valence-corrected chi connectivity index (χ2v) is 5.05. The fourth-order valence-corrected chi connectivity index (χ4v) is 2.60. The van der Waals surface area contributed by atoms with E-state index in [-0.39, 0.29) is 6.42 Å². The van der Waals surface area contributed by atoms with Crippen molar-refractivity contribution < 1.29 is 14.4 Å². The van der Waals surface area contributed by atoms with Crippen LogP contribution in [0.15, 0.2) is 16.9 Å². The summed E-state index contributed by atoms with van der Waals surface area (Å²) in [6.45, 7) is 1.79. The Kier molecular flexibility index (Phi) is 3.28. The molecule has 0 amide bonds. The Morgan fingerprint density at radius 1 is 1.45 bits per heavy atom. The first-order valence-corrected chi connectivity index (χ1v) is 6.72. The highest BCUT2D eigenvalue weighted by atomic mass is 16.5. The summed E-state index contributed by atoms with van der Waals surface area (Å²) in [5.74, 6) is 0.121. The van der Waals surface area contributed by atoms with Gasteiger partial charge in [-0.3, -0.25) is 4.79 Å². The third-order valence-corrected chi connectivity index (χ3v) is 3.58. The highest BCUT2D eigenvalue weighted by molar-refractivity contribution is 6.01. The molecule has 22 heavy (non-hydrogen) atoms. The highest BCUT2D eigenvalue weighted by Gasteiger charge is 2.22. The fourth-order valence-electron chi connectivity index (χ4n) is 2.60. The van der Waals surface area contributed by atoms with Crippen LogP contribution in [0.2, 0.25) is 0 Å². The molecule has 0 aromatic carbocycles. The average molecular weight is 301 g/mol. The monoisotopic (exact) mass is 301 g/mol. The van der Waals surface area contributed by atoms with Crippen LogP contribution in [0.3, 0.4) is 0 Å². The minimum absolute atomic E-state index is 0.00132. The molecule has 3 rings (SSSR count). The number of aromatic nitrogens is 4. The lowest BCUT2D eigenvalue weighted by Crippen LogP contribution is -2.03. The highest BCUT2D eigenvalue weighted by Crippen LogP contribution is 2.36. The van der Waals surface area contributed by atoms with Crippen molar-refractivity contribution in [2.24, 2.45) is 7.05 Å². The molecule has 3 N–H and O–H groups in total. The summed E-state index contributed by atoms with van der Waals surface area (Å²) in [5.41, 5.74) is 8.76. The van der Waals surface area contributed by atoms with Gasteiger partial charge in [-0.2, -0.15) is 0 Å². The predicted octanol–water partition coefficient (Wildman–Crippen LogP) is 1.53. The maximum atomic E-state index is 10.9. The van der Waals surface area contributed by atoms with Gasteiger partial charge >= 0.3 is 5.97 Å². The summed E-state index contributed by atoms with van der Waals surface area (Å²) in [7, 11) is 1.82. The molecular formula is C14H15N5O3. The molecule has 0 unspecified atom stereocenters. The molecule has 0 saturated carbocycles. The Balaban J connectivity index is 2.29. The summed E-state index contributed by atoms with van der Waals surface area (Å²) < 4.78 is 6.97. The maximum absolute atomic E-state index is 10.9. The molecule has 0 spiro atoms. The van der Waals surface area contributed by atoms with E-state index in [9.17, 15) is 4.79 Å². The number of nitrogens with zero attached hydrogens (tertiary/aromatic N) is 4. The molecule has 0 saturated heterocycles. The van der Waals surface area contributed by atoms with Crippen LogP contribution in [0, 0.1) is 6.92 Å². The zero-order valence-electron chi connectivity index (χ0n) is 12.2. The van der Waals surface area contributed by atoms with Gasteiger partial charge in [0.1, 0.15) is 29.2 Å². The lowest BCUT2D eigenvalue weighted by Gasteiger charge is -2.04. The Hall–Kier alpha value is -2.90. The van der Waals surface area contributed by atoms with Gasteiger partial charge < -0.3 is 19.9 Å². The number of rotatable bonds is 4. The number of carboxylic acid groups (broad SMARTS) is 1. The van der Waals surface area contributed by atoms with Crippen molar-refractivity contribution in [1.82, 2.24) is 19.7 Å². The smallest absolute Gasteiger partial charge is 0.303 e. The zero-order valence-corrected chi connectivity index (χ0v) is 12.2. The molecule has 3 heterocycles. The Morgan fingerprint density at radius 3 is 2.86 bits per heavy atom. The minimum atomic E-state index is -0.869. The number of hydrogen-bond donors (Lipinski definition) is 2. The Bertz CT molecular complexity index is 865. The van der Waals surface area contributed by atoms with E-state index in [0.29, 0.717) is 34.7 Å². The minimum Gasteiger partial charge on any atom is -0.481 e. The van der Waals surface area contributed by atoms with Gasteiger partial charge in [-0.25, -0.2) is 9.97 Å². The standard InChI is InChI=1S/C14H15N5O3/c1-7-5-8(18-22-7)11-9(3-4-10(20)21)19(2)14-12(11)13(15)16-6-17-14/h5-6H,3-4H2,1-2H3,(H,20,21)(H2,15,16,17). The first kappa shape index (κ1) is 14.1. The van der Waals surface area contributed by atoms with Gasteiger partial charge in [0.15, 0.2) is 0 Å². The normalized spacial score (nSPS) is 11.2. The van der Waals surface area contributed by atoms with Crippen LogP contribution in [0.1, 0.15) is 17.9 Å². The number of anilines is 1. The van der Waals surface area contributed by atoms with Gasteiger partial charge in [0, 0.05) is 24.4 Å². The topological polar surface area (TPSA) is 120 Å². The van der Waals surface area contributed by atoms with Crippen molar-refractivity contribution in [3.05, 3.63) is 23.8 Å². The van der Waals surface area contributed by atoms with Crippen molar-refractivity contribution in [3.63, 3.8) is 0 Å². The quantitative estimate of drug-likeness (QED) is 0.749. The van der Waals surface area contributed by atoms with Crippen molar-refractivity contribution in [2.45, 2.75) is 19.8 Å². The van der Waals surface area contributed by atoms with Crippen LogP contribution in [-0.4, -0.2) is 30.8 Å². The van der Waals surface area contributed by atoms with Crippen LogP contribution in [0.4, 0.5) is 5.82 Å². The molecule has 3 aromatic heterocycles. The van der Waals surface area contributed by atoms with Crippen LogP contribution in [0.25, 0.3) is 22.3 Å². The Labute approximate surface area is 125 Å². The number of nitrogens with two attached hydrogens (primary N) is 1. The van der Waals surface area contributed by atoms with Gasteiger partial charge in [0.05, 0.1) is 11.8 Å². The van der Waals surface area contributed by atoms with Gasteiger partial charge in [0.25, 0.3) is 0 Å². The van der Waals surface area contributed by atoms with E-state index >= 15 is 0 Å². The van der Waals surface area contributed by atoms with E-state index in [1.165, 1.54) is 6.33 Å². The van der Waals surface area contributed by atoms with E-state index < -0.39 is 5.97 Å². The van der Waals surface area contributed by atoms with Crippen molar-refractivity contribution in [1.29, 1.82) is 0 Å². The largest absolute Gasteiger partial charge is 0.481 e. The number of aliphatic carboxylic acids is 1. The number of fused-ring (bicyclic) bond motifs is 1. The van der Waals surface area contributed by atoms with Crippen molar-refractivity contribution in [3.8, 4) is 11.3 Å². The van der Waals surface area contributed by atoms with Crippen LogP contribution < -0.4 is 5.73 Å². The second-order valence-electron chi connectivity index (χ2n) is 5.05. The third-order valence-electron chi connectivity index (χ3n) is 3.58. The number of hydrogen-bond acceptors (Lipinski definition) is 6. The lowest BCUT2D eigenvalue weighted by molar-refractivity contribution is -0.136. The summed E-state index contributed by atoms with van der Waals surface area (Å²) >= 11 is 0. The number of carbonyl (C=O) groups is 1. The maximum Gasteiger partial charge on any atom is 0.303 e. The van der Waals surface area contributed by atoms with E-state index in [1.807, 2.05) is 11.6 Å². The SMILES string of the molecule is Cc1cc(-c2c(CCC(=O)O)n(C)c3ncnc(N)c23)no1. The summed E-state index contributed by atoms with van der Waals surface area (Å²) in [6.07, 6.45) is 1.72. The molecule has 114 valence electrons. The van der Waals surface area contributed by atoms with Crippen molar-refractivity contribution >= 4 is 22.8 Å². The Morgan fingerprint density at radius 2 is 2.23 bits per heavy atom.